The van der Waals surface area contributed by atoms with Gasteiger partial charge in [-0.05, 0) is 62.1 Å². The molecule has 2 aliphatic heterocycles. The van der Waals surface area contributed by atoms with Crippen LogP contribution < -0.4 is 10.2 Å². The number of benzene rings is 1. The predicted octanol–water partition coefficient (Wildman–Crippen LogP) is 0.969. The minimum Gasteiger partial charge on any atom is -0.319 e. The second-order valence-corrected chi connectivity index (χ2v) is 7.59. The molecule has 24 heavy (non-hydrogen) atoms. The minimum atomic E-state index is -0.927. The molecule has 5 nitrogen and oxygen atoms in total. The van der Waals surface area contributed by atoms with Crippen LogP contribution in [0.15, 0.2) is 18.2 Å². The third kappa shape index (κ3) is 2.51. The Morgan fingerprint density at radius 1 is 1.08 bits per heavy atom. The Balaban J connectivity index is 1.57. The van der Waals surface area contributed by atoms with Crippen LogP contribution in [0.2, 0.25) is 0 Å². The van der Waals surface area contributed by atoms with E-state index in [1.54, 1.807) is 0 Å². The summed E-state index contributed by atoms with van der Waals surface area (Å²) in [6.07, 6.45) is 7.00. The van der Waals surface area contributed by atoms with Gasteiger partial charge in [-0.15, -0.1) is 0 Å². The second-order valence-electron chi connectivity index (χ2n) is 7.59. The number of amides is 3. The van der Waals surface area contributed by atoms with Crippen molar-refractivity contribution in [1.82, 2.24) is 10.2 Å². The highest BCUT2D eigenvalue weighted by molar-refractivity contribution is 6.07. The van der Waals surface area contributed by atoms with E-state index in [-0.39, 0.29) is 11.9 Å². The van der Waals surface area contributed by atoms with Crippen LogP contribution in [0.25, 0.3) is 0 Å². The summed E-state index contributed by atoms with van der Waals surface area (Å²) in [5, 5.41) is 2.95. The van der Waals surface area contributed by atoms with Crippen molar-refractivity contribution in [1.29, 1.82) is 0 Å². The van der Waals surface area contributed by atoms with Gasteiger partial charge in [-0.1, -0.05) is 18.2 Å². The first kappa shape index (κ1) is 15.6. The molecule has 4 rings (SSSR count). The van der Waals surface area contributed by atoms with Crippen LogP contribution in [0, 0.1) is 0 Å². The Hall–Kier alpha value is -1.88. The second kappa shape index (κ2) is 5.88. The zero-order valence-electron chi connectivity index (χ0n) is 14.4. The molecule has 0 spiro atoms. The molecule has 2 heterocycles. The number of rotatable bonds is 3. The number of likely N-dealkylation sites (tertiary alicyclic amines) is 1. The van der Waals surface area contributed by atoms with Gasteiger partial charge >= 0.3 is 6.03 Å². The molecule has 0 aromatic heterocycles. The van der Waals surface area contributed by atoms with Crippen LogP contribution in [-0.2, 0) is 23.2 Å². The number of hydrogen-bond acceptors (Lipinski definition) is 2. The average molecular weight is 328 g/mol. The molecule has 2 saturated heterocycles. The molecule has 0 bridgehead atoms. The van der Waals surface area contributed by atoms with Gasteiger partial charge in [0.2, 0.25) is 0 Å². The molecule has 1 aromatic rings. The molecule has 3 aliphatic rings. The number of urea groups is 1. The topological polar surface area (TPSA) is 53.9 Å². The van der Waals surface area contributed by atoms with Crippen LogP contribution in [0.1, 0.15) is 49.3 Å². The van der Waals surface area contributed by atoms with Gasteiger partial charge in [0.05, 0.1) is 13.1 Å². The number of hydrogen-bond donors (Lipinski definition) is 2. The van der Waals surface area contributed by atoms with E-state index in [2.05, 4.69) is 17.4 Å². The Morgan fingerprint density at radius 2 is 1.83 bits per heavy atom. The Kier molecular flexibility index (Phi) is 3.83. The third-order valence-electron chi connectivity index (χ3n) is 5.89. The molecule has 0 unspecified atom stereocenters. The van der Waals surface area contributed by atoms with E-state index in [4.69, 9.17) is 0 Å². The summed E-state index contributed by atoms with van der Waals surface area (Å²) in [7, 11) is 0. The fourth-order valence-corrected chi connectivity index (χ4v) is 4.35. The largest absolute Gasteiger partial charge is 0.329 e. The van der Waals surface area contributed by atoms with Crippen LogP contribution in [0.5, 0.6) is 0 Å². The number of quaternary nitrogens is 1. The first-order valence-electron chi connectivity index (χ1n) is 9.18. The number of nitrogens with zero attached hydrogens (tertiary/aromatic N) is 1. The summed E-state index contributed by atoms with van der Waals surface area (Å²) in [6.45, 7) is 4.43. The summed E-state index contributed by atoms with van der Waals surface area (Å²) in [4.78, 5) is 28.3. The minimum absolute atomic E-state index is 0.108. The van der Waals surface area contributed by atoms with Gasteiger partial charge in [0.15, 0.2) is 6.67 Å². The number of nitrogens with one attached hydrogen (secondary N) is 2. The molecule has 1 atom stereocenters. The molecular formula is C19H26N3O2+. The van der Waals surface area contributed by atoms with E-state index in [9.17, 15) is 9.59 Å². The molecule has 128 valence electrons. The highest BCUT2D eigenvalue weighted by Crippen LogP contribution is 2.32. The Labute approximate surface area is 143 Å². The van der Waals surface area contributed by atoms with Gasteiger partial charge in [-0.2, -0.15) is 0 Å². The van der Waals surface area contributed by atoms with E-state index in [0.29, 0.717) is 6.67 Å². The fraction of sp³-hybridized carbons (Fsp3) is 0.579. The summed E-state index contributed by atoms with van der Waals surface area (Å²) in [5.41, 5.74) is 2.70. The Morgan fingerprint density at radius 3 is 2.62 bits per heavy atom. The standard InChI is InChI=1S/C19H25N3O2/c1-19(16-9-8-14-6-5-7-15(14)12-16)17(23)22(18(24)20-19)13-21-10-3-2-4-11-21/h8-9,12H,2-7,10-11,13H2,1H3,(H,20,24)/p+1/t19-/m0/s1. The maximum atomic E-state index is 13.0. The highest BCUT2D eigenvalue weighted by Gasteiger charge is 2.50. The lowest BCUT2D eigenvalue weighted by atomic mass is 9.90. The van der Waals surface area contributed by atoms with Gasteiger partial charge in [-0.3, -0.25) is 4.79 Å². The van der Waals surface area contributed by atoms with Crippen molar-refractivity contribution >= 4 is 11.9 Å². The molecule has 0 radical (unpaired) electrons. The van der Waals surface area contributed by atoms with Crippen molar-refractivity contribution in [3.63, 3.8) is 0 Å². The lowest BCUT2D eigenvalue weighted by Gasteiger charge is -2.27. The number of aryl methyl sites for hydroxylation is 2. The van der Waals surface area contributed by atoms with E-state index in [1.165, 1.54) is 46.6 Å². The number of fused-ring (bicyclic) bond motifs is 1. The van der Waals surface area contributed by atoms with Gasteiger partial charge in [-0.25, -0.2) is 9.69 Å². The maximum absolute atomic E-state index is 13.0. The Bertz CT molecular complexity index is 681. The van der Waals surface area contributed by atoms with Crippen LogP contribution >= 0.6 is 0 Å². The quantitative estimate of drug-likeness (QED) is 0.813. The van der Waals surface area contributed by atoms with Gasteiger partial charge < -0.3 is 10.2 Å². The van der Waals surface area contributed by atoms with E-state index < -0.39 is 5.54 Å². The maximum Gasteiger partial charge on any atom is 0.329 e. The zero-order chi connectivity index (χ0) is 16.7. The lowest BCUT2D eigenvalue weighted by Crippen LogP contribution is -3.14. The van der Waals surface area contributed by atoms with Crippen molar-refractivity contribution in [2.45, 2.75) is 51.0 Å². The molecule has 2 fully saturated rings. The molecule has 5 heteroatoms. The van der Waals surface area contributed by atoms with Crippen molar-refractivity contribution < 1.29 is 14.5 Å². The van der Waals surface area contributed by atoms with Crippen LogP contribution in [0.3, 0.4) is 0 Å². The molecule has 2 N–H and O–H groups in total. The average Bonchev–Trinajstić information content (AvgIpc) is 3.14. The monoisotopic (exact) mass is 328 g/mol. The summed E-state index contributed by atoms with van der Waals surface area (Å²) >= 11 is 0. The summed E-state index contributed by atoms with van der Waals surface area (Å²) in [5.74, 6) is -0.108. The number of imide groups is 1. The molecule has 3 amide bonds. The first-order valence-corrected chi connectivity index (χ1v) is 9.18. The molecule has 1 aliphatic carbocycles. The van der Waals surface area contributed by atoms with Crippen LogP contribution in [0.4, 0.5) is 4.79 Å². The fourth-order valence-electron chi connectivity index (χ4n) is 4.35. The van der Waals surface area contributed by atoms with Gasteiger partial charge in [0, 0.05) is 0 Å². The van der Waals surface area contributed by atoms with E-state index in [1.807, 2.05) is 13.0 Å². The summed E-state index contributed by atoms with van der Waals surface area (Å²) < 4.78 is 0. The van der Waals surface area contributed by atoms with E-state index >= 15 is 0 Å². The third-order valence-corrected chi connectivity index (χ3v) is 5.89. The predicted molar refractivity (Wildman–Crippen MR) is 90.6 cm³/mol. The van der Waals surface area contributed by atoms with Gasteiger partial charge in [0.25, 0.3) is 5.91 Å². The SMILES string of the molecule is C[C@@]1(c2ccc3c(c2)CCC3)NC(=O)N(C[NH+]2CCCCC2)C1=O. The molecule has 0 saturated carbocycles. The number of piperidine rings is 1. The smallest absolute Gasteiger partial charge is 0.319 e. The van der Waals surface area contributed by atoms with E-state index in [0.717, 1.165) is 31.5 Å². The first-order chi connectivity index (χ1) is 11.6. The summed E-state index contributed by atoms with van der Waals surface area (Å²) in [6, 6.07) is 6.01. The molecular weight excluding hydrogens is 302 g/mol. The number of carbonyl (C=O) groups excluding carboxylic acids is 2. The van der Waals surface area contributed by atoms with Gasteiger partial charge in [0.1, 0.15) is 5.54 Å². The van der Waals surface area contributed by atoms with Crippen molar-refractivity contribution in [2.24, 2.45) is 0 Å². The van der Waals surface area contributed by atoms with Crippen molar-refractivity contribution in [3.05, 3.63) is 34.9 Å². The van der Waals surface area contributed by atoms with Crippen LogP contribution in [-0.4, -0.2) is 36.6 Å². The van der Waals surface area contributed by atoms with Crippen molar-refractivity contribution in [3.8, 4) is 0 Å². The normalized spacial score (nSPS) is 27.5. The van der Waals surface area contributed by atoms with Crippen molar-refractivity contribution in [2.75, 3.05) is 19.8 Å². The highest BCUT2D eigenvalue weighted by atomic mass is 16.2. The molecule has 1 aromatic carbocycles. The lowest BCUT2D eigenvalue weighted by molar-refractivity contribution is -0.912. The number of carbonyl (C=O) groups is 2. The zero-order valence-corrected chi connectivity index (χ0v) is 14.4.